The van der Waals surface area contributed by atoms with Gasteiger partial charge in [0.05, 0.1) is 5.52 Å². The summed E-state index contributed by atoms with van der Waals surface area (Å²) in [5.74, 6) is 0.496. The summed E-state index contributed by atoms with van der Waals surface area (Å²) in [4.78, 5) is 29.7. The monoisotopic (exact) mass is 399 g/mol. The van der Waals surface area contributed by atoms with E-state index in [1.807, 2.05) is 22.8 Å². The highest BCUT2D eigenvalue weighted by molar-refractivity contribution is 6.04. The Morgan fingerprint density at radius 1 is 1.10 bits per heavy atom. The molecule has 6 nitrogen and oxygen atoms in total. The van der Waals surface area contributed by atoms with E-state index in [2.05, 4.69) is 29.4 Å². The Labute approximate surface area is 172 Å². The second-order valence-corrected chi connectivity index (χ2v) is 8.33. The number of fused-ring (bicyclic) bond motifs is 4. The summed E-state index contributed by atoms with van der Waals surface area (Å²) in [6, 6.07) is 10.4. The van der Waals surface area contributed by atoms with Crippen LogP contribution in [0.25, 0.3) is 33.1 Å². The van der Waals surface area contributed by atoms with Crippen molar-refractivity contribution in [1.82, 2.24) is 14.9 Å². The molecule has 4 aromatic rings. The summed E-state index contributed by atoms with van der Waals surface area (Å²) in [5.41, 5.74) is 6.84. The largest absolute Gasteiger partial charge is 0.440 e. The summed E-state index contributed by atoms with van der Waals surface area (Å²) < 4.78 is 7.76. The quantitative estimate of drug-likeness (QED) is 0.552. The van der Waals surface area contributed by atoms with Gasteiger partial charge >= 0.3 is 0 Å². The van der Waals surface area contributed by atoms with Crippen LogP contribution in [0.4, 0.5) is 0 Å². The average Bonchev–Trinajstić information content (AvgIpc) is 3.49. The lowest BCUT2D eigenvalue weighted by atomic mass is 9.92. The fraction of sp³-hybridized carbons (Fsp3) is 0.292. The van der Waals surface area contributed by atoms with Crippen LogP contribution in [-0.4, -0.2) is 22.0 Å². The third kappa shape index (κ3) is 2.39. The van der Waals surface area contributed by atoms with E-state index in [0.717, 1.165) is 58.0 Å². The van der Waals surface area contributed by atoms with Gasteiger partial charge in [-0.3, -0.25) is 9.59 Å². The van der Waals surface area contributed by atoms with Crippen LogP contribution >= 0.6 is 0 Å². The molecule has 2 aromatic carbocycles. The van der Waals surface area contributed by atoms with Crippen LogP contribution in [0.2, 0.25) is 0 Å². The van der Waals surface area contributed by atoms with E-state index in [9.17, 15) is 9.59 Å². The lowest BCUT2D eigenvalue weighted by Crippen LogP contribution is -2.31. The Hall–Kier alpha value is -3.41. The lowest BCUT2D eigenvalue weighted by molar-refractivity contribution is 0.0946. The molecule has 1 saturated carbocycles. The standard InChI is InChI=1S/C24H21N3O3/c1-12-17(14-3-6-18-15(11-14)9-10-25-23(18)28)7-8-19-21(12)27(16-4-5-16)24(29)20-22(19)30-13(2)26-20/h3,6-8,11,16H,4-5,9-10H2,1-2H3,(H,25,28). The minimum Gasteiger partial charge on any atom is -0.440 e. The number of nitrogens with one attached hydrogen (secondary N) is 1. The van der Waals surface area contributed by atoms with Gasteiger partial charge in [0.15, 0.2) is 17.0 Å². The number of aryl methyl sites for hydroxylation is 2. The third-order valence-electron chi connectivity index (χ3n) is 6.32. The first-order valence-corrected chi connectivity index (χ1v) is 10.4. The van der Waals surface area contributed by atoms with Crippen molar-refractivity contribution in [1.29, 1.82) is 0 Å². The second kappa shape index (κ2) is 6.05. The number of benzene rings is 2. The van der Waals surface area contributed by atoms with Crippen LogP contribution < -0.4 is 10.9 Å². The van der Waals surface area contributed by atoms with Gasteiger partial charge in [0.2, 0.25) is 0 Å². The van der Waals surface area contributed by atoms with Crippen molar-refractivity contribution >= 4 is 27.9 Å². The molecule has 1 fully saturated rings. The molecule has 6 heteroatoms. The molecule has 1 amide bonds. The zero-order valence-electron chi connectivity index (χ0n) is 16.9. The molecule has 2 aliphatic rings. The van der Waals surface area contributed by atoms with Gasteiger partial charge in [0, 0.05) is 30.5 Å². The smallest absolute Gasteiger partial charge is 0.281 e. The maximum absolute atomic E-state index is 13.3. The number of rotatable bonds is 2. The summed E-state index contributed by atoms with van der Waals surface area (Å²) >= 11 is 0. The molecule has 0 radical (unpaired) electrons. The Kier molecular flexibility index (Phi) is 3.52. The number of carbonyl (C=O) groups excluding carboxylic acids is 1. The Bertz CT molecular complexity index is 1440. The molecule has 1 aliphatic carbocycles. The van der Waals surface area contributed by atoms with E-state index in [-0.39, 0.29) is 17.5 Å². The van der Waals surface area contributed by atoms with Crippen molar-refractivity contribution < 1.29 is 9.21 Å². The Morgan fingerprint density at radius 2 is 1.90 bits per heavy atom. The van der Waals surface area contributed by atoms with Crippen molar-refractivity contribution in [3.8, 4) is 11.1 Å². The zero-order chi connectivity index (χ0) is 20.6. The second-order valence-electron chi connectivity index (χ2n) is 8.33. The molecule has 0 saturated heterocycles. The Balaban J connectivity index is 1.65. The van der Waals surface area contributed by atoms with Crippen LogP contribution in [0.1, 0.15) is 46.3 Å². The number of hydrogen-bond acceptors (Lipinski definition) is 4. The van der Waals surface area contributed by atoms with Crippen LogP contribution in [0.5, 0.6) is 0 Å². The predicted molar refractivity (Wildman–Crippen MR) is 115 cm³/mol. The lowest BCUT2D eigenvalue weighted by Gasteiger charge is -2.19. The molecule has 0 unspecified atom stereocenters. The minimum atomic E-state index is -0.0702. The molecule has 6 rings (SSSR count). The molecule has 3 heterocycles. The molecule has 30 heavy (non-hydrogen) atoms. The maximum Gasteiger partial charge on any atom is 0.281 e. The van der Waals surface area contributed by atoms with Gasteiger partial charge < -0.3 is 14.3 Å². The highest BCUT2D eigenvalue weighted by Crippen LogP contribution is 2.40. The normalized spacial score (nSPS) is 16.1. The van der Waals surface area contributed by atoms with Gasteiger partial charge in [-0.1, -0.05) is 18.2 Å². The Morgan fingerprint density at radius 3 is 2.70 bits per heavy atom. The molecular weight excluding hydrogens is 378 g/mol. The van der Waals surface area contributed by atoms with Gasteiger partial charge in [0.25, 0.3) is 11.5 Å². The van der Waals surface area contributed by atoms with Gasteiger partial charge in [-0.05, 0) is 60.6 Å². The van der Waals surface area contributed by atoms with Gasteiger partial charge in [0.1, 0.15) is 0 Å². The molecule has 1 aliphatic heterocycles. The summed E-state index contributed by atoms with van der Waals surface area (Å²) in [6.45, 7) is 4.50. The van der Waals surface area contributed by atoms with Gasteiger partial charge in [-0.2, -0.15) is 0 Å². The van der Waals surface area contributed by atoms with Crippen LogP contribution in [-0.2, 0) is 6.42 Å². The van der Waals surface area contributed by atoms with E-state index < -0.39 is 0 Å². The highest BCUT2D eigenvalue weighted by Gasteiger charge is 2.30. The summed E-state index contributed by atoms with van der Waals surface area (Å²) in [6.07, 6.45) is 2.84. The van der Waals surface area contributed by atoms with Gasteiger partial charge in [-0.25, -0.2) is 4.98 Å². The van der Waals surface area contributed by atoms with E-state index >= 15 is 0 Å². The highest BCUT2D eigenvalue weighted by atomic mass is 16.3. The van der Waals surface area contributed by atoms with Gasteiger partial charge in [-0.15, -0.1) is 0 Å². The van der Waals surface area contributed by atoms with Crippen molar-refractivity contribution in [3.05, 3.63) is 63.3 Å². The molecule has 0 spiro atoms. The number of aromatic nitrogens is 2. The van der Waals surface area contributed by atoms with E-state index in [4.69, 9.17) is 4.42 Å². The van der Waals surface area contributed by atoms with Crippen molar-refractivity contribution in [2.75, 3.05) is 6.54 Å². The van der Waals surface area contributed by atoms with E-state index in [1.54, 1.807) is 6.92 Å². The molecule has 150 valence electrons. The third-order valence-corrected chi connectivity index (χ3v) is 6.32. The number of pyridine rings is 1. The fourth-order valence-electron chi connectivity index (χ4n) is 4.75. The average molecular weight is 399 g/mol. The summed E-state index contributed by atoms with van der Waals surface area (Å²) in [5, 5.41) is 3.82. The molecule has 1 N–H and O–H groups in total. The topological polar surface area (TPSA) is 77.1 Å². The number of oxazole rings is 1. The van der Waals surface area contributed by atoms with Crippen LogP contribution in [0.15, 0.2) is 39.5 Å². The first kappa shape index (κ1) is 17.4. The molecule has 0 bridgehead atoms. The maximum atomic E-state index is 13.3. The SMILES string of the molecule is Cc1nc2c(=O)n(C3CC3)c3c(C)c(-c4ccc5c(c4)CCNC5=O)ccc3c2o1. The van der Waals surface area contributed by atoms with E-state index in [1.165, 1.54) is 0 Å². The van der Waals surface area contributed by atoms with Crippen LogP contribution in [0, 0.1) is 13.8 Å². The number of carbonyl (C=O) groups is 1. The molecular formula is C24H21N3O3. The van der Waals surface area contributed by atoms with Crippen LogP contribution in [0.3, 0.4) is 0 Å². The number of hydrogen-bond donors (Lipinski definition) is 1. The van der Waals surface area contributed by atoms with Crippen molar-refractivity contribution in [3.63, 3.8) is 0 Å². The fourth-order valence-corrected chi connectivity index (χ4v) is 4.75. The number of amides is 1. The first-order valence-electron chi connectivity index (χ1n) is 10.4. The summed E-state index contributed by atoms with van der Waals surface area (Å²) in [7, 11) is 0. The van der Waals surface area contributed by atoms with Crippen molar-refractivity contribution in [2.24, 2.45) is 0 Å². The first-order chi connectivity index (χ1) is 14.5. The molecule has 0 atom stereocenters. The minimum absolute atomic E-state index is 0.0105. The zero-order valence-corrected chi connectivity index (χ0v) is 16.9. The predicted octanol–water partition coefficient (Wildman–Crippen LogP) is 4.05. The van der Waals surface area contributed by atoms with Crippen molar-refractivity contribution in [2.45, 2.75) is 39.2 Å². The number of nitrogens with zero attached hydrogens (tertiary/aromatic N) is 2. The molecule has 2 aromatic heterocycles. The van der Waals surface area contributed by atoms with E-state index in [0.29, 0.717) is 23.5 Å².